The highest BCUT2D eigenvalue weighted by molar-refractivity contribution is 6.33. The van der Waals surface area contributed by atoms with Crippen LogP contribution in [0.3, 0.4) is 0 Å². The summed E-state index contributed by atoms with van der Waals surface area (Å²) in [4.78, 5) is 17.3. The number of amides is 1. The summed E-state index contributed by atoms with van der Waals surface area (Å²) in [5.74, 6) is -0.118. The molecular formula is C11H15ClN2O2. The summed E-state index contributed by atoms with van der Waals surface area (Å²) in [6, 6.07) is 1.61. The molecule has 5 heteroatoms. The number of likely N-dealkylation sites (N-methyl/N-ethyl adjacent to an activating group) is 1. The molecule has 0 aromatic carbocycles. The van der Waals surface area contributed by atoms with Crippen LogP contribution in [0.2, 0.25) is 5.02 Å². The Bertz CT molecular complexity index is 358. The van der Waals surface area contributed by atoms with Gasteiger partial charge >= 0.3 is 0 Å². The molecule has 0 aliphatic carbocycles. The molecule has 0 aliphatic rings. The Morgan fingerprint density at radius 1 is 1.62 bits per heavy atom. The lowest BCUT2D eigenvalue weighted by Gasteiger charge is -2.17. The van der Waals surface area contributed by atoms with Crippen molar-refractivity contribution >= 4 is 17.5 Å². The van der Waals surface area contributed by atoms with Gasteiger partial charge in [-0.3, -0.25) is 9.78 Å². The van der Waals surface area contributed by atoms with E-state index in [4.69, 9.17) is 16.3 Å². The lowest BCUT2D eigenvalue weighted by Crippen LogP contribution is -2.30. The number of hydrogen-bond acceptors (Lipinski definition) is 3. The molecular weight excluding hydrogens is 228 g/mol. The third-order valence-corrected chi connectivity index (χ3v) is 2.43. The van der Waals surface area contributed by atoms with Crippen molar-refractivity contribution in [2.75, 3.05) is 26.8 Å². The number of carbonyl (C=O) groups is 1. The van der Waals surface area contributed by atoms with Crippen molar-refractivity contribution in [3.05, 3.63) is 29.0 Å². The van der Waals surface area contributed by atoms with Crippen molar-refractivity contribution in [2.24, 2.45) is 0 Å². The molecule has 1 amide bonds. The minimum absolute atomic E-state index is 0.118. The van der Waals surface area contributed by atoms with E-state index in [1.807, 2.05) is 6.92 Å². The number of carbonyl (C=O) groups excluding carboxylic acids is 1. The van der Waals surface area contributed by atoms with Crippen molar-refractivity contribution in [1.29, 1.82) is 0 Å². The fourth-order valence-corrected chi connectivity index (χ4v) is 1.40. The van der Waals surface area contributed by atoms with Gasteiger partial charge in [-0.25, -0.2) is 0 Å². The summed E-state index contributed by atoms with van der Waals surface area (Å²) < 4.78 is 5.18. The summed E-state index contributed by atoms with van der Waals surface area (Å²) in [5.41, 5.74) is 0.468. The van der Waals surface area contributed by atoms with Crippen molar-refractivity contribution in [3.8, 4) is 0 Å². The van der Waals surface area contributed by atoms with Gasteiger partial charge in [0.1, 0.15) is 0 Å². The molecule has 0 saturated heterocycles. The van der Waals surface area contributed by atoms with Gasteiger partial charge < -0.3 is 9.64 Å². The fraction of sp³-hybridized carbons (Fsp3) is 0.455. The third-order valence-electron chi connectivity index (χ3n) is 2.12. The van der Waals surface area contributed by atoms with Crippen LogP contribution in [0.4, 0.5) is 0 Å². The molecule has 0 N–H and O–H groups in total. The topological polar surface area (TPSA) is 42.4 Å². The second-order valence-corrected chi connectivity index (χ2v) is 3.69. The Morgan fingerprint density at radius 2 is 2.38 bits per heavy atom. The molecule has 0 atom stereocenters. The minimum Gasteiger partial charge on any atom is -0.380 e. The monoisotopic (exact) mass is 242 g/mol. The maximum atomic E-state index is 11.9. The van der Waals surface area contributed by atoms with Crippen LogP contribution < -0.4 is 0 Å². The minimum atomic E-state index is -0.118. The summed E-state index contributed by atoms with van der Waals surface area (Å²) in [6.45, 7) is 3.65. The maximum Gasteiger partial charge on any atom is 0.255 e. The SMILES string of the molecule is CCOCCN(C)C(=O)c1ccncc1Cl. The van der Waals surface area contributed by atoms with Crippen LogP contribution in [0.5, 0.6) is 0 Å². The second-order valence-electron chi connectivity index (χ2n) is 3.28. The zero-order chi connectivity index (χ0) is 12.0. The summed E-state index contributed by atoms with van der Waals surface area (Å²) in [7, 11) is 1.72. The van der Waals surface area contributed by atoms with E-state index in [0.717, 1.165) is 0 Å². The van der Waals surface area contributed by atoms with Crippen molar-refractivity contribution in [2.45, 2.75) is 6.92 Å². The molecule has 0 bridgehead atoms. The van der Waals surface area contributed by atoms with Crippen LogP contribution in [0.25, 0.3) is 0 Å². The molecule has 1 rings (SSSR count). The molecule has 0 fully saturated rings. The van der Waals surface area contributed by atoms with Crippen LogP contribution in [0, 0.1) is 0 Å². The van der Waals surface area contributed by atoms with Gasteiger partial charge in [-0.1, -0.05) is 11.6 Å². The van der Waals surface area contributed by atoms with Gasteiger partial charge in [-0.15, -0.1) is 0 Å². The smallest absolute Gasteiger partial charge is 0.255 e. The summed E-state index contributed by atoms with van der Waals surface area (Å²) >= 11 is 5.88. The Kier molecular flexibility index (Phi) is 5.22. The van der Waals surface area contributed by atoms with E-state index in [-0.39, 0.29) is 5.91 Å². The van der Waals surface area contributed by atoms with Crippen LogP contribution in [-0.4, -0.2) is 42.6 Å². The van der Waals surface area contributed by atoms with E-state index < -0.39 is 0 Å². The molecule has 0 saturated carbocycles. The molecule has 16 heavy (non-hydrogen) atoms. The number of pyridine rings is 1. The van der Waals surface area contributed by atoms with Gasteiger partial charge in [0.05, 0.1) is 17.2 Å². The highest BCUT2D eigenvalue weighted by atomic mass is 35.5. The van der Waals surface area contributed by atoms with E-state index in [1.165, 1.54) is 6.20 Å². The summed E-state index contributed by atoms with van der Waals surface area (Å²) in [6.07, 6.45) is 3.01. The number of aromatic nitrogens is 1. The number of nitrogens with zero attached hydrogens (tertiary/aromatic N) is 2. The molecule has 1 heterocycles. The van der Waals surface area contributed by atoms with Crippen molar-refractivity contribution < 1.29 is 9.53 Å². The van der Waals surface area contributed by atoms with Crippen LogP contribution in [0.15, 0.2) is 18.5 Å². The average Bonchev–Trinajstić information content (AvgIpc) is 2.29. The standard InChI is InChI=1S/C11H15ClN2O2/c1-3-16-7-6-14(2)11(15)9-4-5-13-8-10(9)12/h4-5,8H,3,6-7H2,1-2H3. The van der Waals surface area contributed by atoms with Crippen molar-refractivity contribution in [1.82, 2.24) is 9.88 Å². The van der Waals surface area contributed by atoms with Crippen LogP contribution >= 0.6 is 11.6 Å². The molecule has 0 unspecified atom stereocenters. The van der Waals surface area contributed by atoms with E-state index in [2.05, 4.69) is 4.98 Å². The molecule has 1 aromatic heterocycles. The van der Waals surface area contributed by atoms with E-state index in [1.54, 1.807) is 24.2 Å². The molecule has 0 aliphatic heterocycles. The number of rotatable bonds is 5. The number of hydrogen-bond donors (Lipinski definition) is 0. The van der Waals surface area contributed by atoms with Gasteiger partial charge in [0.15, 0.2) is 0 Å². The second kappa shape index (κ2) is 6.45. The fourth-order valence-electron chi connectivity index (χ4n) is 1.20. The highest BCUT2D eigenvalue weighted by Crippen LogP contribution is 2.14. The highest BCUT2D eigenvalue weighted by Gasteiger charge is 2.14. The number of ether oxygens (including phenoxy) is 1. The molecule has 4 nitrogen and oxygen atoms in total. The lowest BCUT2D eigenvalue weighted by atomic mass is 10.2. The molecule has 0 radical (unpaired) electrons. The van der Waals surface area contributed by atoms with Gasteiger partial charge in [0.25, 0.3) is 5.91 Å². The number of halogens is 1. The van der Waals surface area contributed by atoms with Crippen LogP contribution in [0.1, 0.15) is 17.3 Å². The normalized spacial score (nSPS) is 10.2. The molecule has 0 spiro atoms. The van der Waals surface area contributed by atoms with Crippen molar-refractivity contribution in [3.63, 3.8) is 0 Å². The predicted molar refractivity (Wildman–Crippen MR) is 62.7 cm³/mol. The van der Waals surface area contributed by atoms with Gasteiger partial charge in [0.2, 0.25) is 0 Å². The summed E-state index contributed by atoms with van der Waals surface area (Å²) in [5, 5.41) is 0.371. The largest absolute Gasteiger partial charge is 0.380 e. The third kappa shape index (κ3) is 3.47. The first kappa shape index (κ1) is 12.9. The maximum absolute atomic E-state index is 11.9. The Balaban J connectivity index is 2.60. The van der Waals surface area contributed by atoms with E-state index in [9.17, 15) is 4.79 Å². The Hall–Kier alpha value is -1.13. The lowest BCUT2D eigenvalue weighted by molar-refractivity contribution is 0.0710. The first-order chi connectivity index (χ1) is 7.66. The van der Waals surface area contributed by atoms with Gasteiger partial charge in [-0.2, -0.15) is 0 Å². The first-order valence-corrected chi connectivity index (χ1v) is 5.47. The van der Waals surface area contributed by atoms with Crippen LogP contribution in [-0.2, 0) is 4.74 Å². The van der Waals surface area contributed by atoms with Gasteiger partial charge in [0, 0.05) is 32.6 Å². The van der Waals surface area contributed by atoms with Gasteiger partial charge in [-0.05, 0) is 13.0 Å². The Morgan fingerprint density at radius 3 is 3.00 bits per heavy atom. The predicted octanol–water partition coefficient (Wildman–Crippen LogP) is 1.84. The van der Waals surface area contributed by atoms with E-state index >= 15 is 0 Å². The average molecular weight is 243 g/mol. The molecule has 1 aromatic rings. The van der Waals surface area contributed by atoms with E-state index in [0.29, 0.717) is 30.3 Å². The zero-order valence-corrected chi connectivity index (χ0v) is 10.2. The quantitative estimate of drug-likeness (QED) is 0.740. The molecule has 88 valence electrons. The first-order valence-electron chi connectivity index (χ1n) is 5.09. The Labute approximate surface area is 100 Å². The zero-order valence-electron chi connectivity index (χ0n) is 9.44.